The van der Waals surface area contributed by atoms with Crippen molar-refractivity contribution in [3.05, 3.63) is 275 Å². The Hall–Kier alpha value is -8.20. The Morgan fingerprint density at radius 1 is 0.264 bits per heavy atom. The minimum atomic E-state index is -0.644. The standard InChI is InChI=1S/C85H82N2/c1-7-21-59(22-8-1)63-35-44-71(45-36-63)86(72-46-37-64(38-47-72)60-23-9-2-10-24-60)75-52-43-67-56-81-82(57-68(67)55-75)85(69-29-15-5-16-30-69,70-31-17-6-18-32-70)84-79-54-53-76(58-80(79)77-33-19-20-34-78(77)83(81)84)87(73-48-39-65(40-49-73)61-25-11-3-12-26-61)74-50-41-66(42-51-74)62-27-13-4-14-28-62/h5-6,15-20,29-62H,1-4,7-14,21-28H2. The van der Waals surface area contributed by atoms with Gasteiger partial charge in [0.15, 0.2) is 0 Å². The van der Waals surface area contributed by atoms with Crippen LogP contribution in [0.5, 0.6) is 0 Å². The van der Waals surface area contributed by atoms with E-state index in [0.29, 0.717) is 23.7 Å². The summed E-state index contributed by atoms with van der Waals surface area (Å²) in [4.78, 5) is 5.06. The van der Waals surface area contributed by atoms with Crippen LogP contribution in [-0.4, -0.2) is 0 Å². The number of hydrogen-bond acceptors (Lipinski definition) is 2. The average Bonchev–Trinajstić information content (AvgIpc) is 1.54. The topological polar surface area (TPSA) is 6.48 Å². The predicted molar refractivity (Wildman–Crippen MR) is 369 cm³/mol. The molecule has 4 saturated carbocycles. The molecule has 2 nitrogen and oxygen atoms in total. The molecule has 11 aromatic rings. The van der Waals surface area contributed by atoms with Crippen LogP contribution in [-0.2, 0) is 5.41 Å². The third-order valence-electron chi connectivity index (χ3n) is 21.9. The largest absolute Gasteiger partial charge is 0.310 e. The van der Waals surface area contributed by atoms with Gasteiger partial charge in [0.1, 0.15) is 0 Å². The molecule has 0 N–H and O–H groups in total. The van der Waals surface area contributed by atoms with Crippen LogP contribution in [0.4, 0.5) is 34.1 Å². The summed E-state index contributed by atoms with van der Waals surface area (Å²) in [5.41, 5.74) is 20.4. The van der Waals surface area contributed by atoms with E-state index in [9.17, 15) is 0 Å². The fourth-order valence-electron chi connectivity index (χ4n) is 17.4. The van der Waals surface area contributed by atoms with E-state index in [0.717, 1.165) is 0 Å². The molecule has 87 heavy (non-hydrogen) atoms. The van der Waals surface area contributed by atoms with Crippen molar-refractivity contribution >= 4 is 66.4 Å². The zero-order chi connectivity index (χ0) is 57.7. The van der Waals surface area contributed by atoms with Crippen molar-refractivity contribution in [1.29, 1.82) is 0 Å². The summed E-state index contributed by atoms with van der Waals surface area (Å²) in [5.74, 6) is 2.62. The highest BCUT2D eigenvalue weighted by atomic mass is 15.1. The molecule has 0 aliphatic heterocycles. The molecule has 5 aliphatic rings. The van der Waals surface area contributed by atoms with Gasteiger partial charge in [-0.25, -0.2) is 0 Å². The van der Waals surface area contributed by atoms with Crippen LogP contribution in [0.2, 0.25) is 0 Å². The van der Waals surface area contributed by atoms with Crippen molar-refractivity contribution in [1.82, 2.24) is 0 Å². The SMILES string of the molecule is c1ccc(C2(c3ccccc3)c3cc4cc(N(c5ccc(C6CCCCC6)cc5)c5ccc(C6CCCCC6)cc5)ccc4cc3-c3c2c2ccc(N(c4ccc(C5CCCCC5)cc4)c4ccc(C5CCCCC5)cc4)cc2c2ccccc32)cc1. The second kappa shape index (κ2) is 23.5. The fraction of sp³-hybridized carbons (Fsp3) is 0.294. The Morgan fingerprint density at radius 3 is 1.06 bits per heavy atom. The van der Waals surface area contributed by atoms with Gasteiger partial charge in [-0.3, -0.25) is 0 Å². The van der Waals surface area contributed by atoms with Gasteiger partial charge in [0, 0.05) is 34.1 Å². The van der Waals surface area contributed by atoms with Gasteiger partial charge in [-0.2, -0.15) is 0 Å². The molecule has 11 aromatic carbocycles. The fourth-order valence-corrected chi connectivity index (χ4v) is 17.4. The Balaban J connectivity index is 0.882. The first-order valence-corrected chi connectivity index (χ1v) is 33.8. The van der Waals surface area contributed by atoms with Crippen LogP contribution in [0.1, 0.15) is 197 Å². The molecule has 0 amide bonds. The molecule has 2 heteroatoms. The van der Waals surface area contributed by atoms with Gasteiger partial charge >= 0.3 is 0 Å². The van der Waals surface area contributed by atoms with Crippen molar-refractivity contribution in [3.63, 3.8) is 0 Å². The van der Waals surface area contributed by atoms with Crippen LogP contribution in [0.15, 0.2) is 231 Å². The first-order valence-electron chi connectivity index (χ1n) is 33.8. The summed E-state index contributed by atoms with van der Waals surface area (Å²) < 4.78 is 0. The second-order valence-electron chi connectivity index (χ2n) is 26.8. The highest BCUT2D eigenvalue weighted by molar-refractivity contribution is 6.20. The molecule has 4 fully saturated rings. The van der Waals surface area contributed by atoms with Crippen LogP contribution in [0.25, 0.3) is 43.4 Å². The maximum Gasteiger partial charge on any atom is 0.0720 e. The molecule has 0 saturated heterocycles. The van der Waals surface area contributed by atoms with Crippen LogP contribution in [0.3, 0.4) is 0 Å². The van der Waals surface area contributed by atoms with E-state index in [4.69, 9.17) is 0 Å². The summed E-state index contributed by atoms with van der Waals surface area (Å²) >= 11 is 0. The van der Waals surface area contributed by atoms with Gasteiger partial charge in [0.25, 0.3) is 0 Å². The van der Waals surface area contributed by atoms with E-state index >= 15 is 0 Å². The lowest BCUT2D eigenvalue weighted by atomic mass is 9.66. The summed E-state index contributed by atoms with van der Waals surface area (Å²) in [6.07, 6.45) is 26.6. The van der Waals surface area contributed by atoms with E-state index in [2.05, 4.69) is 240 Å². The molecule has 5 aliphatic carbocycles. The normalized spacial score (nSPS) is 17.6. The average molecular weight is 1130 g/mol. The van der Waals surface area contributed by atoms with Crippen LogP contribution in [0, 0.1) is 0 Å². The Bertz CT molecular complexity index is 4050. The second-order valence-corrected chi connectivity index (χ2v) is 26.8. The Morgan fingerprint density at radius 2 is 0.632 bits per heavy atom. The van der Waals surface area contributed by atoms with E-state index in [1.54, 1.807) is 0 Å². The smallest absolute Gasteiger partial charge is 0.0720 e. The lowest BCUT2D eigenvalue weighted by Crippen LogP contribution is -2.29. The summed E-state index contributed by atoms with van der Waals surface area (Å²) in [6.45, 7) is 0. The number of anilines is 6. The Labute approximate surface area is 516 Å². The summed E-state index contributed by atoms with van der Waals surface area (Å²) in [6, 6.07) is 91.0. The number of benzene rings is 11. The van der Waals surface area contributed by atoms with Gasteiger partial charge in [0.2, 0.25) is 0 Å². The molecule has 0 atom stereocenters. The molecule has 0 heterocycles. The first kappa shape index (κ1) is 54.2. The van der Waals surface area contributed by atoms with E-state index in [-0.39, 0.29) is 0 Å². The number of rotatable bonds is 12. The highest BCUT2D eigenvalue weighted by Gasteiger charge is 2.48. The maximum absolute atomic E-state index is 2.59. The van der Waals surface area contributed by atoms with Gasteiger partial charge in [-0.1, -0.05) is 223 Å². The third kappa shape index (κ3) is 9.87. The van der Waals surface area contributed by atoms with Crippen LogP contribution >= 0.6 is 0 Å². The van der Waals surface area contributed by atoms with E-state index < -0.39 is 5.41 Å². The third-order valence-corrected chi connectivity index (χ3v) is 21.9. The zero-order valence-corrected chi connectivity index (χ0v) is 50.8. The molecule has 0 radical (unpaired) electrons. The minimum absolute atomic E-state index is 0.644. The highest BCUT2D eigenvalue weighted by Crippen LogP contribution is 2.61. The number of fused-ring (bicyclic) bond motifs is 9. The van der Waals surface area contributed by atoms with Gasteiger partial charge in [-0.05, 0) is 248 Å². The molecule has 0 unspecified atom stereocenters. The van der Waals surface area contributed by atoms with Crippen molar-refractivity contribution in [2.24, 2.45) is 0 Å². The monoisotopic (exact) mass is 1130 g/mol. The maximum atomic E-state index is 2.59. The summed E-state index contributed by atoms with van der Waals surface area (Å²) in [5, 5.41) is 7.64. The quantitative estimate of drug-likeness (QED) is 0.113. The lowest BCUT2D eigenvalue weighted by Gasteiger charge is -2.35. The molecular weight excluding hydrogens is 1050 g/mol. The number of nitrogens with zero attached hydrogens (tertiary/aromatic N) is 2. The zero-order valence-electron chi connectivity index (χ0n) is 50.8. The Kier molecular flexibility index (Phi) is 14.6. The van der Waals surface area contributed by atoms with Gasteiger partial charge in [0.05, 0.1) is 5.41 Å². The lowest BCUT2D eigenvalue weighted by molar-refractivity contribution is 0.443. The molecule has 432 valence electrons. The summed E-state index contributed by atoms with van der Waals surface area (Å²) in [7, 11) is 0. The van der Waals surface area contributed by atoms with Crippen LogP contribution < -0.4 is 9.80 Å². The van der Waals surface area contributed by atoms with Crippen molar-refractivity contribution in [2.45, 2.75) is 158 Å². The molecule has 0 aromatic heterocycles. The minimum Gasteiger partial charge on any atom is -0.310 e. The van der Waals surface area contributed by atoms with Crippen molar-refractivity contribution in [2.75, 3.05) is 9.80 Å². The van der Waals surface area contributed by atoms with Gasteiger partial charge < -0.3 is 9.80 Å². The molecule has 0 spiro atoms. The van der Waals surface area contributed by atoms with Gasteiger partial charge in [-0.15, -0.1) is 0 Å². The van der Waals surface area contributed by atoms with E-state index in [1.807, 2.05) is 0 Å². The molecule has 16 rings (SSSR count). The first-order chi connectivity index (χ1) is 43.1. The van der Waals surface area contributed by atoms with Crippen molar-refractivity contribution < 1.29 is 0 Å². The number of hydrogen-bond donors (Lipinski definition) is 0. The predicted octanol–water partition coefficient (Wildman–Crippen LogP) is 24.6. The molecular formula is C85H82N2. The van der Waals surface area contributed by atoms with Crippen molar-refractivity contribution in [3.8, 4) is 11.1 Å². The molecule has 0 bridgehead atoms. The van der Waals surface area contributed by atoms with E-state index in [1.165, 1.54) is 250 Å².